The minimum atomic E-state index is -0.946. The number of hydrogen-bond acceptors (Lipinski definition) is 2. The van der Waals surface area contributed by atoms with E-state index in [0.717, 1.165) is 0 Å². The number of rotatable bonds is 3. The molecule has 1 rings (SSSR count). The topological polar surface area (TPSA) is 29.5 Å². The van der Waals surface area contributed by atoms with E-state index in [4.69, 9.17) is 16.3 Å². The molecule has 0 fully saturated rings. The van der Waals surface area contributed by atoms with Crippen molar-refractivity contribution in [3.05, 3.63) is 34.9 Å². The van der Waals surface area contributed by atoms with Crippen molar-refractivity contribution >= 4 is 11.6 Å². The second-order valence-corrected chi connectivity index (χ2v) is 5.15. The van der Waals surface area contributed by atoms with E-state index >= 15 is 0 Å². The van der Waals surface area contributed by atoms with Crippen LogP contribution in [0.1, 0.15) is 32.6 Å². The van der Waals surface area contributed by atoms with Gasteiger partial charge in [0.1, 0.15) is 0 Å². The smallest absolute Gasteiger partial charge is 0.182 e. The lowest BCUT2D eigenvalue weighted by atomic mass is 9.99. The van der Waals surface area contributed by atoms with Gasteiger partial charge in [0.15, 0.2) is 6.29 Å². The highest BCUT2D eigenvalue weighted by Crippen LogP contribution is 2.25. The maximum Gasteiger partial charge on any atom is 0.182 e. The summed E-state index contributed by atoms with van der Waals surface area (Å²) in [6.45, 7) is 6.63. The van der Waals surface area contributed by atoms with Crippen molar-refractivity contribution in [2.75, 3.05) is 6.61 Å². The van der Waals surface area contributed by atoms with E-state index in [0.29, 0.717) is 17.2 Å². The summed E-state index contributed by atoms with van der Waals surface area (Å²) in [7, 11) is 0. The highest BCUT2D eigenvalue weighted by molar-refractivity contribution is 6.31. The van der Waals surface area contributed by atoms with Gasteiger partial charge in [-0.1, -0.05) is 50.6 Å². The highest BCUT2D eigenvalue weighted by atomic mass is 35.5. The van der Waals surface area contributed by atoms with E-state index in [1.54, 1.807) is 12.1 Å². The van der Waals surface area contributed by atoms with Crippen LogP contribution in [0.3, 0.4) is 0 Å². The Kier molecular flexibility index (Phi) is 4.14. The minimum absolute atomic E-state index is 0.0300. The maximum atomic E-state index is 9.76. The third kappa shape index (κ3) is 4.20. The molecule has 0 saturated carbocycles. The van der Waals surface area contributed by atoms with Crippen LogP contribution >= 0.6 is 11.6 Å². The fourth-order valence-corrected chi connectivity index (χ4v) is 1.32. The molecule has 0 aliphatic carbocycles. The summed E-state index contributed by atoms with van der Waals surface area (Å²) in [5.74, 6) is 0. The minimum Gasteiger partial charge on any atom is -0.364 e. The number of aliphatic hydroxyl groups is 1. The van der Waals surface area contributed by atoms with Gasteiger partial charge in [0.25, 0.3) is 0 Å². The highest BCUT2D eigenvalue weighted by Gasteiger charge is 2.16. The monoisotopic (exact) mass is 228 g/mol. The quantitative estimate of drug-likeness (QED) is 0.804. The Hall–Kier alpha value is -0.570. The van der Waals surface area contributed by atoms with Crippen LogP contribution in [0.2, 0.25) is 5.02 Å². The van der Waals surface area contributed by atoms with Crippen LogP contribution in [0.5, 0.6) is 0 Å². The summed E-state index contributed by atoms with van der Waals surface area (Å²) in [5, 5.41) is 10.3. The van der Waals surface area contributed by atoms with Crippen LogP contribution in [0.15, 0.2) is 24.3 Å². The lowest BCUT2D eigenvalue weighted by Crippen LogP contribution is -2.17. The molecule has 1 aromatic carbocycles. The molecule has 3 heteroatoms. The number of aliphatic hydroxyl groups excluding tert-OH is 1. The van der Waals surface area contributed by atoms with E-state index in [1.807, 2.05) is 32.9 Å². The Labute approximate surface area is 95.8 Å². The molecule has 0 aromatic heterocycles. The standard InChI is InChI=1S/C12H17ClO2/c1-12(2,3)8-15-11(14)9-6-4-5-7-10(9)13/h4-7,11,14H,8H2,1-3H3/t11-/m0/s1. The van der Waals surface area contributed by atoms with Gasteiger partial charge >= 0.3 is 0 Å². The first-order chi connectivity index (χ1) is 6.90. The van der Waals surface area contributed by atoms with E-state index in [9.17, 15) is 5.11 Å². The average molecular weight is 229 g/mol. The molecule has 0 unspecified atom stereocenters. The first-order valence-electron chi connectivity index (χ1n) is 4.94. The number of ether oxygens (including phenoxy) is 1. The number of halogens is 1. The Balaban J connectivity index is 2.62. The second-order valence-electron chi connectivity index (χ2n) is 4.75. The molecular weight excluding hydrogens is 212 g/mol. The molecule has 0 amide bonds. The SMILES string of the molecule is CC(C)(C)CO[C@H](O)c1ccccc1Cl. The Morgan fingerprint density at radius 3 is 2.47 bits per heavy atom. The zero-order valence-electron chi connectivity index (χ0n) is 9.33. The Bertz CT molecular complexity index is 318. The molecule has 1 aromatic rings. The molecule has 1 N–H and O–H groups in total. The zero-order valence-corrected chi connectivity index (χ0v) is 10.1. The van der Waals surface area contributed by atoms with Gasteiger partial charge in [0.2, 0.25) is 0 Å². The molecule has 15 heavy (non-hydrogen) atoms. The van der Waals surface area contributed by atoms with Gasteiger partial charge in [0, 0.05) is 10.6 Å². The molecule has 2 nitrogen and oxygen atoms in total. The number of hydrogen-bond donors (Lipinski definition) is 1. The zero-order chi connectivity index (χ0) is 11.5. The van der Waals surface area contributed by atoms with Gasteiger partial charge in [-0.05, 0) is 11.5 Å². The van der Waals surface area contributed by atoms with Crippen molar-refractivity contribution in [3.8, 4) is 0 Å². The summed E-state index contributed by atoms with van der Waals surface area (Å²) in [6.07, 6.45) is -0.946. The van der Waals surface area contributed by atoms with Gasteiger partial charge in [-0.2, -0.15) is 0 Å². The van der Waals surface area contributed by atoms with E-state index in [-0.39, 0.29) is 5.41 Å². The first-order valence-corrected chi connectivity index (χ1v) is 5.32. The fraction of sp³-hybridized carbons (Fsp3) is 0.500. The molecule has 0 saturated heterocycles. The third-order valence-electron chi connectivity index (χ3n) is 1.85. The summed E-state index contributed by atoms with van der Waals surface area (Å²) >= 11 is 5.93. The van der Waals surface area contributed by atoms with Gasteiger partial charge < -0.3 is 9.84 Å². The molecule has 0 aliphatic rings. The van der Waals surface area contributed by atoms with Crippen molar-refractivity contribution in [1.82, 2.24) is 0 Å². The molecule has 0 spiro atoms. The summed E-state index contributed by atoms with van der Waals surface area (Å²) in [5.41, 5.74) is 0.644. The van der Waals surface area contributed by atoms with Gasteiger partial charge in [0.05, 0.1) is 6.61 Å². The lowest BCUT2D eigenvalue weighted by molar-refractivity contribution is -0.122. The summed E-state index contributed by atoms with van der Waals surface area (Å²) in [4.78, 5) is 0. The van der Waals surface area contributed by atoms with Crippen molar-refractivity contribution in [3.63, 3.8) is 0 Å². The molecule has 84 valence electrons. The van der Waals surface area contributed by atoms with Crippen LogP contribution < -0.4 is 0 Å². The maximum absolute atomic E-state index is 9.76. The van der Waals surface area contributed by atoms with Crippen molar-refractivity contribution < 1.29 is 9.84 Å². The summed E-state index contributed by atoms with van der Waals surface area (Å²) < 4.78 is 5.34. The molecule has 0 heterocycles. The Morgan fingerprint density at radius 2 is 1.93 bits per heavy atom. The van der Waals surface area contributed by atoms with Crippen LogP contribution in [0, 0.1) is 5.41 Å². The van der Waals surface area contributed by atoms with Crippen LogP contribution in [0.4, 0.5) is 0 Å². The van der Waals surface area contributed by atoms with Crippen LogP contribution in [-0.4, -0.2) is 11.7 Å². The van der Waals surface area contributed by atoms with E-state index in [2.05, 4.69) is 0 Å². The average Bonchev–Trinajstić information content (AvgIpc) is 2.14. The van der Waals surface area contributed by atoms with Gasteiger partial charge in [-0.3, -0.25) is 0 Å². The van der Waals surface area contributed by atoms with E-state index < -0.39 is 6.29 Å². The number of benzene rings is 1. The van der Waals surface area contributed by atoms with Crippen molar-refractivity contribution in [1.29, 1.82) is 0 Å². The first kappa shape index (κ1) is 12.5. The van der Waals surface area contributed by atoms with Crippen LogP contribution in [-0.2, 0) is 4.74 Å². The van der Waals surface area contributed by atoms with Crippen LogP contribution in [0.25, 0.3) is 0 Å². The van der Waals surface area contributed by atoms with Crippen molar-refractivity contribution in [2.45, 2.75) is 27.1 Å². The van der Waals surface area contributed by atoms with Gasteiger partial charge in [-0.25, -0.2) is 0 Å². The molecule has 0 radical (unpaired) electrons. The van der Waals surface area contributed by atoms with Crippen molar-refractivity contribution in [2.24, 2.45) is 5.41 Å². The predicted octanol–water partition coefficient (Wildman–Crippen LogP) is 3.39. The summed E-state index contributed by atoms with van der Waals surface area (Å²) in [6, 6.07) is 7.14. The van der Waals surface area contributed by atoms with E-state index in [1.165, 1.54) is 0 Å². The molecular formula is C12H17ClO2. The molecule has 0 aliphatic heterocycles. The van der Waals surface area contributed by atoms with Gasteiger partial charge in [-0.15, -0.1) is 0 Å². The second kappa shape index (κ2) is 4.97. The molecule has 1 atom stereocenters. The lowest BCUT2D eigenvalue weighted by Gasteiger charge is -2.21. The predicted molar refractivity (Wildman–Crippen MR) is 61.8 cm³/mol. The largest absolute Gasteiger partial charge is 0.364 e. The fourth-order valence-electron chi connectivity index (χ4n) is 1.09. The molecule has 0 bridgehead atoms. The normalized spacial score (nSPS) is 13.9. The Morgan fingerprint density at radius 1 is 1.33 bits per heavy atom. The third-order valence-corrected chi connectivity index (χ3v) is 2.19.